The van der Waals surface area contributed by atoms with Crippen LogP contribution >= 0.6 is 12.6 Å². The van der Waals surface area contributed by atoms with Crippen LogP contribution in [0.5, 0.6) is 0 Å². The van der Waals surface area contributed by atoms with Crippen molar-refractivity contribution < 1.29 is 17.9 Å². The molecule has 8 heteroatoms. The quantitative estimate of drug-likeness (QED) is 0.686. The molecular formula is C17H14F3N3OS. The van der Waals surface area contributed by atoms with E-state index in [-0.39, 0.29) is 6.61 Å². The van der Waals surface area contributed by atoms with Gasteiger partial charge in [0.2, 0.25) is 0 Å². The Morgan fingerprint density at radius 1 is 1.00 bits per heavy atom. The normalized spacial score (nSPS) is 11.7. The van der Waals surface area contributed by atoms with Gasteiger partial charge in [-0.05, 0) is 35.9 Å². The van der Waals surface area contributed by atoms with Crippen LogP contribution in [-0.2, 0) is 24.1 Å². The number of halogens is 3. The Kier molecular flexibility index (Phi) is 5.10. The Bertz CT molecular complexity index is 847. The third-order valence-corrected chi connectivity index (χ3v) is 3.94. The summed E-state index contributed by atoms with van der Waals surface area (Å²) in [7, 11) is 0. The Hall–Kier alpha value is -2.32. The lowest BCUT2D eigenvalue weighted by Crippen LogP contribution is -2.05. The topological polar surface area (TPSA) is 39.9 Å². The van der Waals surface area contributed by atoms with Crippen LogP contribution in [0.4, 0.5) is 13.2 Å². The fraction of sp³-hybridized carbons (Fsp3) is 0.176. The predicted molar refractivity (Wildman–Crippen MR) is 88.5 cm³/mol. The number of thiol groups is 1. The molecule has 25 heavy (non-hydrogen) atoms. The largest absolute Gasteiger partial charge is 0.416 e. The second kappa shape index (κ2) is 7.28. The lowest BCUT2D eigenvalue weighted by molar-refractivity contribution is -0.137. The molecule has 1 aromatic heterocycles. The first kappa shape index (κ1) is 17.5. The van der Waals surface area contributed by atoms with E-state index in [0.29, 0.717) is 18.0 Å². The van der Waals surface area contributed by atoms with Crippen molar-refractivity contribution in [2.24, 2.45) is 0 Å². The number of ether oxygens (including phenoxy) is 1. The Labute approximate surface area is 147 Å². The minimum absolute atomic E-state index is 0.239. The average molecular weight is 365 g/mol. The van der Waals surface area contributed by atoms with Gasteiger partial charge in [0, 0.05) is 4.90 Å². The van der Waals surface area contributed by atoms with Crippen LogP contribution in [0.3, 0.4) is 0 Å². The van der Waals surface area contributed by atoms with Crippen molar-refractivity contribution in [3.63, 3.8) is 0 Å². The second-order valence-electron chi connectivity index (χ2n) is 5.32. The zero-order valence-corrected chi connectivity index (χ0v) is 13.8. The molecule has 0 radical (unpaired) electrons. The van der Waals surface area contributed by atoms with E-state index in [1.807, 2.05) is 24.3 Å². The molecule has 0 aliphatic carbocycles. The molecule has 0 aliphatic heterocycles. The summed E-state index contributed by atoms with van der Waals surface area (Å²) >= 11 is 4.35. The van der Waals surface area contributed by atoms with E-state index >= 15 is 0 Å². The molecule has 3 rings (SSSR count). The highest BCUT2D eigenvalue weighted by molar-refractivity contribution is 7.80. The van der Waals surface area contributed by atoms with Crippen LogP contribution in [0.15, 0.2) is 59.6 Å². The van der Waals surface area contributed by atoms with Gasteiger partial charge in [0.15, 0.2) is 0 Å². The number of nitrogens with zero attached hydrogens (tertiary/aromatic N) is 3. The number of aromatic nitrogens is 3. The van der Waals surface area contributed by atoms with Crippen LogP contribution in [0.2, 0.25) is 0 Å². The van der Waals surface area contributed by atoms with Gasteiger partial charge >= 0.3 is 6.18 Å². The molecule has 0 aliphatic rings. The molecule has 130 valence electrons. The Morgan fingerprint density at radius 3 is 2.40 bits per heavy atom. The maximum absolute atomic E-state index is 12.6. The van der Waals surface area contributed by atoms with E-state index in [1.54, 1.807) is 6.20 Å². The minimum atomic E-state index is -4.36. The van der Waals surface area contributed by atoms with E-state index in [2.05, 4.69) is 22.9 Å². The highest BCUT2D eigenvalue weighted by Crippen LogP contribution is 2.29. The van der Waals surface area contributed by atoms with Gasteiger partial charge in [-0.2, -0.15) is 13.2 Å². The van der Waals surface area contributed by atoms with E-state index in [0.717, 1.165) is 22.6 Å². The molecule has 2 aromatic carbocycles. The lowest BCUT2D eigenvalue weighted by Gasteiger charge is -2.07. The average Bonchev–Trinajstić information content (AvgIpc) is 3.05. The molecule has 0 N–H and O–H groups in total. The zero-order chi connectivity index (χ0) is 17.9. The first-order chi connectivity index (χ1) is 11.9. The predicted octanol–water partition coefficient (Wildman–Crippen LogP) is 4.29. The summed E-state index contributed by atoms with van der Waals surface area (Å²) in [5, 5.41) is 7.88. The van der Waals surface area contributed by atoms with E-state index in [9.17, 15) is 13.2 Å². The summed E-state index contributed by atoms with van der Waals surface area (Å²) in [6.07, 6.45) is -2.74. The van der Waals surface area contributed by atoms with Crippen LogP contribution in [0.1, 0.15) is 16.8 Å². The van der Waals surface area contributed by atoms with Crippen molar-refractivity contribution in [3.05, 3.63) is 71.5 Å². The van der Waals surface area contributed by atoms with Crippen molar-refractivity contribution in [1.82, 2.24) is 15.0 Å². The first-order valence-electron chi connectivity index (χ1n) is 7.37. The molecular weight excluding hydrogens is 351 g/mol. The summed E-state index contributed by atoms with van der Waals surface area (Å²) in [5.74, 6) is 0. The summed E-state index contributed by atoms with van der Waals surface area (Å²) in [4.78, 5) is 0.843. The van der Waals surface area contributed by atoms with Gasteiger partial charge in [-0.1, -0.05) is 23.4 Å². The summed E-state index contributed by atoms with van der Waals surface area (Å²) in [6.45, 7) is 0.621. The summed E-state index contributed by atoms with van der Waals surface area (Å²) in [6, 6.07) is 12.3. The fourth-order valence-corrected chi connectivity index (χ4v) is 2.42. The van der Waals surface area contributed by atoms with Crippen molar-refractivity contribution >= 4 is 12.6 Å². The monoisotopic (exact) mass is 365 g/mol. The second-order valence-corrected chi connectivity index (χ2v) is 5.80. The van der Waals surface area contributed by atoms with Crippen molar-refractivity contribution in [1.29, 1.82) is 0 Å². The number of benzene rings is 2. The molecule has 0 fully saturated rings. The third kappa shape index (κ3) is 4.40. The number of hydrogen-bond donors (Lipinski definition) is 1. The van der Waals surface area contributed by atoms with Gasteiger partial charge in [0.25, 0.3) is 0 Å². The molecule has 0 saturated heterocycles. The molecule has 0 amide bonds. The van der Waals surface area contributed by atoms with Gasteiger partial charge < -0.3 is 4.74 Å². The van der Waals surface area contributed by atoms with Crippen LogP contribution in [0, 0.1) is 0 Å². The molecule has 0 bridgehead atoms. The Morgan fingerprint density at radius 2 is 1.72 bits per heavy atom. The Balaban J connectivity index is 1.61. The van der Waals surface area contributed by atoms with E-state index in [1.165, 1.54) is 16.8 Å². The molecule has 0 saturated carbocycles. The molecule has 0 atom stereocenters. The third-order valence-electron chi connectivity index (χ3n) is 3.50. The molecule has 4 nitrogen and oxygen atoms in total. The van der Waals surface area contributed by atoms with E-state index in [4.69, 9.17) is 4.74 Å². The highest BCUT2D eigenvalue weighted by Gasteiger charge is 2.30. The van der Waals surface area contributed by atoms with Crippen LogP contribution in [0.25, 0.3) is 5.69 Å². The first-order valence-corrected chi connectivity index (χ1v) is 7.82. The molecule has 3 aromatic rings. The van der Waals surface area contributed by atoms with Gasteiger partial charge in [0.05, 0.1) is 30.7 Å². The van der Waals surface area contributed by atoms with Crippen LogP contribution < -0.4 is 0 Å². The lowest BCUT2D eigenvalue weighted by atomic mass is 10.2. The SMILES string of the molecule is FC(F)(F)c1ccc(-n2cc(COCc3ccccc3S)nn2)cc1. The number of alkyl halides is 3. The van der Waals surface area contributed by atoms with Crippen LogP contribution in [-0.4, -0.2) is 15.0 Å². The maximum atomic E-state index is 12.6. The molecule has 1 heterocycles. The zero-order valence-electron chi connectivity index (χ0n) is 12.9. The van der Waals surface area contributed by atoms with Gasteiger partial charge in [0.1, 0.15) is 5.69 Å². The number of rotatable bonds is 5. The van der Waals surface area contributed by atoms with Gasteiger partial charge in [-0.3, -0.25) is 0 Å². The van der Waals surface area contributed by atoms with Gasteiger partial charge in [-0.25, -0.2) is 4.68 Å². The van der Waals surface area contributed by atoms with E-state index < -0.39 is 11.7 Å². The summed E-state index contributed by atoms with van der Waals surface area (Å²) in [5.41, 5.74) is 1.33. The number of hydrogen-bond acceptors (Lipinski definition) is 4. The minimum Gasteiger partial charge on any atom is -0.370 e. The molecule has 0 unspecified atom stereocenters. The van der Waals surface area contributed by atoms with Crippen molar-refractivity contribution in [2.75, 3.05) is 0 Å². The van der Waals surface area contributed by atoms with Crippen molar-refractivity contribution in [3.8, 4) is 5.69 Å². The van der Waals surface area contributed by atoms with Crippen molar-refractivity contribution in [2.45, 2.75) is 24.3 Å². The maximum Gasteiger partial charge on any atom is 0.416 e. The molecule has 0 spiro atoms. The fourth-order valence-electron chi connectivity index (χ4n) is 2.19. The standard InChI is InChI=1S/C17H14F3N3OS/c18-17(19,20)13-5-7-15(8-6-13)23-9-14(21-22-23)11-24-10-12-3-1-2-4-16(12)25/h1-9,25H,10-11H2. The highest BCUT2D eigenvalue weighted by atomic mass is 32.1. The summed E-state index contributed by atoms with van der Waals surface area (Å²) < 4.78 is 44.7. The van der Waals surface area contributed by atoms with Gasteiger partial charge in [-0.15, -0.1) is 17.7 Å². The smallest absolute Gasteiger partial charge is 0.370 e.